The number of aryl methyl sites for hydroxylation is 2. The summed E-state index contributed by atoms with van der Waals surface area (Å²) in [6.07, 6.45) is 0. The molecule has 0 radical (unpaired) electrons. The standard InChI is InChI=1S/C12H11FN2OS/c1-7-8(2)17-12(14-7)15-11(16)9-4-3-5-10(13)6-9/h3-6H,1-2H3,(H,14,15,16). The lowest BCUT2D eigenvalue weighted by Gasteiger charge is -2.01. The summed E-state index contributed by atoms with van der Waals surface area (Å²) in [5.41, 5.74) is 1.18. The van der Waals surface area contributed by atoms with Crippen LogP contribution in [0.5, 0.6) is 0 Å². The second kappa shape index (κ2) is 4.63. The minimum atomic E-state index is -0.427. The van der Waals surface area contributed by atoms with Crippen LogP contribution in [0, 0.1) is 19.7 Å². The van der Waals surface area contributed by atoms with Gasteiger partial charge in [0.1, 0.15) is 5.82 Å². The molecule has 2 rings (SSSR count). The van der Waals surface area contributed by atoms with Crippen molar-refractivity contribution in [1.82, 2.24) is 4.98 Å². The molecule has 0 unspecified atom stereocenters. The molecule has 5 heteroatoms. The summed E-state index contributed by atoms with van der Waals surface area (Å²) in [6.45, 7) is 3.81. The molecule has 0 saturated carbocycles. The molecule has 17 heavy (non-hydrogen) atoms. The molecule has 1 heterocycles. The lowest BCUT2D eigenvalue weighted by Crippen LogP contribution is -2.11. The Morgan fingerprint density at radius 2 is 2.18 bits per heavy atom. The molecule has 1 aromatic heterocycles. The first-order valence-electron chi connectivity index (χ1n) is 5.07. The van der Waals surface area contributed by atoms with Crippen molar-refractivity contribution in [2.24, 2.45) is 0 Å². The molecular formula is C12H11FN2OS. The lowest BCUT2D eigenvalue weighted by atomic mass is 10.2. The zero-order chi connectivity index (χ0) is 12.4. The van der Waals surface area contributed by atoms with E-state index in [4.69, 9.17) is 0 Å². The number of halogens is 1. The number of hydrogen-bond donors (Lipinski definition) is 1. The van der Waals surface area contributed by atoms with Gasteiger partial charge in [0.2, 0.25) is 0 Å². The normalized spacial score (nSPS) is 10.3. The molecule has 0 aliphatic heterocycles. The van der Waals surface area contributed by atoms with Crippen LogP contribution < -0.4 is 5.32 Å². The van der Waals surface area contributed by atoms with Crippen LogP contribution in [0.4, 0.5) is 9.52 Å². The highest BCUT2D eigenvalue weighted by molar-refractivity contribution is 7.15. The second-order valence-corrected chi connectivity index (χ2v) is 4.83. The van der Waals surface area contributed by atoms with Crippen LogP contribution in [0.2, 0.25) is 0 Å². The number of nitrogens with one attached hydrogen (secondary N) is 1. The third-order valence-corrected chi connectivity index (χ3v) is 3.32. The number of carbonyl (C=O) groups is 1. The van der Waals surface area contributed by atoms with Gasteiger partial charge in [-0.25, -0.2) is 9.37 Å². The Morgan fingerprint density at radius 3 is 2.76 bits per heavy atom. The average molecular weight is 250 g/mol. The molecule has 1 amide bonds. The molecule has 2 aromatic rings. The summed E-state index contributed by atoms with van der Waals surface area (Å²) in [4.78, 5) is 17.0. The summed E-state index contributed by atoms with van der Waals surface area (Å²) in [6, 6.07) is 5.56. The van der Waals surface area contributed by atoms with Gasteiger partial charge >= 0.3 is 0 Å². The van der Waals surface area contributed by atoms with E-state index in [0.29, 0.717) is 5.13 Å². The number of carbonyl (C=O) groups excluding carboxylic acids is 1. The van der Waals surface area contributed by atoms with Gasteiger partial charge in [-0.15, -0.1) is 11.3 Å². The quantitative estimate of drug-likeness (QED) is 0.889. The average Bonchev–Trinajstić information content (AvgIpc) is 2.58. The fraction of sp³-hybridized carbons (Fsp3) is 0.167. The minimum Gasteiger partial charge on any atom is -0.298 e. The highest BCUT2D eigenvalue weighted by atomic mass is 32.1. The highest BCUT2D eigenvalue weighted by Crippen LogP contribution is 2.21. The maximum Gasteiger partial charge on any atom is 0.257 e. The maximum atomic E-state index is 12.9. The smallest absolute Gasteiger partial charge is 0.257 e. The zero-order valence-corrected chi connectivity index (χ0v) is 10.3. The largest absolute Gasteiger partial charge is 0.298 e. The van der Waals surface area contributed by atoms with E-state index in [2.05, 4.69) is 10.3 Å². The van der Waals surface area contributed by atoms with Gasteiger partial charge in [-0.3, -0.25) is 10.1 Å². The van der Waals surface area contributed by atoms with Gasteiger partial charge in [0, 0.05) is 10.4 Å². The number of benzene rings is 1. The topological polar surface area (TPSA) is 42.0 Å². The van der Waals surface area contributed by atoms with Crippen molar-refractivity contribution >= 4 is 22.4 Å². The Bertz CT molecular complexity index is 546. The molecule has 0 saturated heterocycles. The van der Waals surface area contributed by atoms with Crippen LogP contribution in [-0.2, 0) is 0 Å². The summed E-state index contributed by atoms with van der Waals surface area (Å²) in [5.74, 6) is -0.776. The molecule has 1 N–H and O–H groups in total. The molecule has 0 fully saturated rings. The minimum absolute atomic E-state index is 0.288. The zero-order valence-electron chi connectivity index (χ0n) is 9.45. The molecule has 88 valence electrons. The van der Waals surface area contributed by atoms with E-state index in [9.17, 15) is 9.18 Å². The van der Waals surface area contributed by atoms with Crippen LogP contribution in [0.15, 0.2) is 24.3 Å². The summed E-state index contributed by atoms with van der Waals surface area (Å²) < 4.78 is 12.9. The van der Waals surface area contributed by atoms with E-state index in [-0.39, 0.29) is 11.5 Å². The Morgan fingerprint density at radius 1 is 1.41 bits per heavy atom. The number of amides is 1. The van der Waals surface area contributed by atoms with E-state index in [1.165, 1.54) is 29.5 Å². The Balaban J connectivity index is 2.17. The van der Waals surface area contributed by atoms with Gasteiger partial charge in [0.15, 0.2) is 5.13 Å². The predicted octanol–water partition coefficient (Wildman–Crippen LogP) is 3.15. The second-order valence-electron chi connectivity index (χ2n) is 3.63. The van der Waals surface area contributed by atoms with Crippen molar-refractivity contribution in [1.29, 1.82) is 0 Å². The van der Waals surface area contributed by atoms with E-state index in [1.54, 1.807) is 6.07 Å². The van der Waals surface area contributed by atoms with Crippen LogP contribution in [0.3, 0.4) is 0 Å². The number of thiazole rings is 1. The highest BCUT2D eigenvalue weighted by Gasteiger charge is 2.10. The van der Waals surface area contributed by atoms with Crippen LogP contribution in [0.1, 0.15) is 20.9 Å². The van der Waals surface area contributed by atoms with Gasteiger partial charge in [-0.2, -0.15) is 0 Å². The Labute approximate surface area is 102 Å². The molecule has 0 aliphatic rings. The SMILES string of the molecule is Cc1nc(NC(=O)c2cccc(F)c2)sc1C. The first kappa shape index (κ1) is 11.7. The van der Waals surface area contributed by atoms with Crippen molar-refractivity contribution in [3.8, 4) is 0 Å². The van der Waals surface area contributed by atoms with Crippen molar-refractivity contribution in [3.05, 3.63) is 46.2 Å². The fourth-order valence-electron chi connectivity index (χ4n) is 1.33. The molecule has 0 atom stereocenters. The van der Waals surface area contributed by atoms with Crippen molar-refractivity contribution in [3.63, 3.8) is 0 Å². The van der Waals surface area contributed by atoms with Crippen molar-refractivity contribution in [2.45, 2.75) is 13.8 Å². The molecular weight excluding hydrogens is 239 g/mol. The van der Waals surface area contributed by atoms with Crippen LogP contribution >= 0.6 is 11.3 Å². The van der Waals surface area contributed by atoms with Gasteiger partial charge in [0.05, 0.1) is 5.69 Å². The summed E-state index contributed by atoms with van der Waals surface area (Å²) >= 11 is 1.40. The monoisotopic (exact) mass is 250 g/mol. The van der Waals surface area contributed by atoms with Crippen LogP contribution in [0.25, 0.3) is 0 Å². The Hall–Kier alpha value is -1.75. The van der Waals surface area contributed by atoms with E-state index < -0.39 is 5.82 Å². The summed E-state index contributed by atoms with van der Waals surface area (Å²) in [7, 11) is 0. The van der Waals surface area contributed by atoms with E-state index in [0.717, 1.165) is 10.6 Å². The predicted molar refractivity (Wildman–Crippen MR) is 65.9 cm³/mol. The molecule has 3 nitrogen and oxygen atoms in total. The molecule has 1 aromatic carbocycles. The van der Waals surface area contributed by atoms with Crippen molar-refractivity contribution < 1.29 is 9.18 Å². The van der Waals surface area contributed by atoms with Gasteiger partial charge in [-0.05, 0) is 32.0 Å². The third kappa shape index (κ3) is 2.68. The van der Waals surface area contributed by atoms with Gasteiger partial charge < -0.3 is 0 Å². The number of aromatic nitrogens is 1. The summed E-state index contributed by atoms with van der Waals surface area (Å²) in [5, 5.41) is 3.19. The van der Waals surface area contributed by atoms with Gasteiger partial charge in [0.25, 0.3) is 5.91 Å². The van der Waals surface area contributed by atoms with E-state index >= 15 is 0 Å². The third-order valence-electron chi connectivity index (χ3n) is 2.34. The first-order valence-corrected chi connectivity index (χ1v) is 5.89. The van der Waals surface area contributed by atoms with Crippen molar-refractivity contribution in [2.75, 3.05) is 5.32 Å². The Kier molecular flexibility index (Phi) is 3.19. The van der Waals surface area contributed by atoms with Gasteiger partial charge in [-0.1, -0.05) is 6.07 Å². The first-order chi connectivity index (χ1) is 8.06. The molecule has 0 spiro atoms. The number of hydrogen-bond acceptors (Lipinski definition) is 3. The maximum absolute atomic E-state index is 12.9. The number of anilines is 1. The number of rotatable bonds is 2. The lowest BCUT2D eigenvalue weighted by molar-refractivity contribution is 0.102. The van der Waals surface area contributed by atoms with Crippen LogP contribution in [-0.4, -0.2) is 10.9 Å². The number of nitrogens with zero attached hydrogens (tertiary/aromatic N) is 1. The van der Waals surface area contributed by atoms with E-state index in [1.807, 2.05) is 13.8 Å². The molecule has 0 aliphatic carbocycles. The molecule has 0 bridgehead atoms. The fourth-order valence-corrected chi connectivity index (χ4v) is 2.13.